The van der Waals surface area contributed by atoms with E-state index in [9.17, 15) is 10.1 Å². The fraction of sp³-hybridized carbons (Fsp3) is 0.0588. The summed E-state index contributed by atoms with van der Waals surface area (Å²) in [5.74, 6) is -0.226. The van der Waals surface area contributed by atoms with Gasteiger partial charge >= 0.3 is 0 Å². The largest absolute Gasteiger partial charge is 0.495 e. The van der Waals surface area contributed by atoms with Crippen LogP contribution in [0.25, 0.3) is 0 Å². The molecule has 8 heteroatoms. The maximum Gasteiger partial charge on any atom is 0.267 e. The molecule has 2 aromatic carbocycles. The van der Waals surface area contributed by atoms with Crippen LogP contribution in [0.3, 0.4) is 0 Å². The Balaban J connectivity index is 2.22. The summed E-state index contributed by atoms with van der Waals surface area (Å²) in [6, 6.07) is 11.5. The van der Waals surface area contributed by atoms with E-state index in [1.165, 1.54) is 19.4 Å². The Labute approximate surface area is 159 Å². The number of amides is 1. The standard InChI is InChI=1S/C17H12Cl3N3O2/c1-25-15-6-5-11(18)7-14(15)23-17(24)10(8-21)9-22-16-12(19)3-2-4-13(16)20/h2-7,9,22H,1H3,(H,23,24)/b10-9-. The second-order valence-corrected chi connectivity index (χ2v) is 5.96. The number of methoxy groups -OCH3 is 1. The van der Waals surface area contributed by atoms with Crippen molar-refractivity contribution in [2.24, 2.45) is 0 Å². The van der Waals surface area contributed by atoms with Crippen LogP contribution in [0.15, 0.2) is 48.2 Å². The molecule has 0 bridgehead atoms. The zero-order valence-electron chi connectivity index (χ0n) is 12.9. The van der Waals surface area contributed by atoms with Crippen LogP contribution in [0.4, 0.5) is 11.4 Å². The van der Waals surface area contributed by atoms with Crippen molar-refractivity contribution in [3.63, 3.8) is 0 Å². The number of rotatable bonds is 5. The van der Waals surface area contributed by atoms with Gasteiger partial charge in [-0.25, -0.2) is 0 Å². The summed E-state index contributed by atoms with van der Waals surface area (Å²) < 4.78 is 5.15. The predicted molar refractivity (Wildman–Crippen MR) is 100 cm³/mol. The molecule has 0 saturated heterocycles. The molecular weight excluding hydrogens is 385 g/mol. The summed E-state index contributed by atoms with van der Waals surface area (Å²) in [6.45, 7) is 0. The number of nitrogens with one attached hydrogen (secondary N) is 2. The highest BCUT2D eigenvalue weighted by atomic mass is 35.5. The molecule has 0 aromatic heterocycles. The Bertz CT molecular complexity index is 856. The Morgan fingerprint density at radius 2 is 1.88 bits per heavy atom. The number of benzene rings is 2. The minimum atomic E-state index is -0.640. The van der Waals surface area contributed by atoms with E-state index in [2.05, 4.69) is 10.6 Å². The molecule has 25 heavy (non-hydrogen) atoms. The first-order chi connectivity index (χ1) is 12.0. The number of hydrogen-bond donors (Lipinski definition) is 2. The number of carbonyl (C=O) groups excluding carboxylic acids is 1. The van der Waals surface area contributed by atoms with Gasteiger partial charge in [0, 0.05) is 11.2 Å². The second-order valence-electron chi connectivity index (χ2n) is 4.71. The minimum Gasteiger partial charge on any atom is -0.495 e. The molecule has 128 valence electrons. The van der Waals surface area contributed by atoms with Crippen molar-refractivity contribution >= 4 is 52.1 Å². The highest BCUT2D eigenvalue weighted by Gasteiger charge is 2.13. The first-order valence-corrected chi connectivity index (χ1v) is 8.05. The van der Waals surface area contributed by atoms with Gasteiger partial charge in [-0.3, -0.25) is 4.79 Å². The smallest absolute Gasteiger partial charge is 0.267 e. The van der Waals surface area contributed by atoms with Crippen molar-refractivity contribution in [1.29, 1.82) is 5.26 Å². The monoisotopic (exact) mass is 395 g/mol. The van der Waals surface area contributed by atoms with E-state index >= 15 is 0 Å². The molecule has 0 fully saturated rings. The van der Waals surface area contributed by atoms with E-state index in [0.29, 0.717) is 32.2 Å². The third-order valence-corrected chi connectivity index (χ3v) is 3.96. The molecule has 0 radical (unpaired) electrons. The fourth-order valence-electron chi connectivity index (χ4n) is 1.90. The van der Waals surface area contributed by atoms with E-state index in [1.807, 2.05) is 6.07 Å². The molecule has 0 saturated carbocycles. The average molecular weight is 397 g/mol. The second kappa shape index (κ2) is 8.63. The molecule has 2 aromatic rings. The fourth-order valence-corrected chi connectivity index (χ4v) is 2.57. The molecule has 0 spiro atoms. The van der Waals surface area contributed by atoms with Crippen LogP contribution >= 0.6 is 34.8 Å². The normalized spacial score (nSPS) is 10.8. The Hall–Kier alpha value is -2.39. The van der Waals surface area contributed by atoms with Crippen molar-refractivity contribution in [2.75, 3.05) is 17.7 Å². The van der Waals surface area contributed by atoms with Gasteiger partial charge in [-0.1, -0.05) is 40.9 Å². The van der Waals surface area contributed by atoms with Crippen LogP contribution in [0.1, 0.15) is 0 Å². The zero-order valence-corrected chi connectivity index (χ0v) is 15.2. The Kier molecular flexibility index (Phi) is 6.54. The van der Waals surface area contributed by atoms with E-state index in [-0.39, 0.29) is 5.57 Å². The van der Waals surface area contributed by atoms with Crippen molar-refractivity contribution in [2.45, 2.75) is 0 Å². The van der Waals surface area contributed by atoms with Gasteiger partial charge in [0.25, 0.3) is 5.91 Å². The summed E-state index contributed by atoms with van der Waals surface area (Å²) in [5.41, 5.74) is 0.557. The van der Waals surface area contributed by atoms with E-state index in [0.717, 1.165) is 0 Å². The first kappa shape index (κ1) is 18.9. The minimum absolute atomic E-state index is 0.182. The molecule has 0 aliphatic rings. The molecule has 2 rings (SSSR count). The Morgan fingerprint density at radius 1 is 1.20 bits per heavy atom. The van der Waals surface area contributed by atoms with E-state index in [1.54, 1.807) is 30.3 Å². The Morgan fingerprint density at radius 3 is 2.48 bits per heavy atom. The van der Waals surface area contributed by atoms with Gasteiger partial charge in [-0.2, -0.15) is 5.26 Å². The number of nitriles is 1. The number of hydrogen-bond acceptors (Lipinski definition) is 4. The van der Waals surface area contributed by atoms with Gasteiger partial charge in [0.05, 0.1) is 28.5 Å². The van der Waals surface area contributed by atoms with Gasteiger partial charge in [0.2, 0.25) is 0 Å². The van der Waals surface area contributed by atoms with Gasteiger partial charge in [0.15, 0.2) is 0 Å². The van der Waals surface area contributed by atoms with Gasteiger partial charge in [-0.05, 0) is 30.3 Å². The summed E-state index contributed by atoms with van der Waals surface area (Å²) in [4.78, 5) is 12.3. The number of ether oxygens (including phenoxy) is 1. The lowest BCUT2D eigenvalue weighted by Crippen LogP contribution is -2.15. The molecule has 0 atom stereocenters. The highest BCUT2D eigenvalue weighted by Crippen LogP contribution is 2.30. The van der Waals surface area contributed by atoms with Crippen LogP contribution in [0.5, 0.6) is 5.75 Å². The number of para-hydroxylation sites is 1. The summed E-state index contributed by atoms with van der Waals surface area (Å²) in [7, 11) is 1.46. The molecule has 0 aliphatic heterocycles. The molecule has 0 heterocycles. The number of halogens is 3. The summed E-state index contributed by atoms with van der Waals surface area (Å²) >= 11 is 18.0. The number of nitrogens with zero attached hydrogens (tertiary/aromatic N) is 1. The van der Waals surface area contributed by atoms with Gasteiger partial charge in [-0.15, -0.1) is 0 Å². The van der Waals surface area contributed by atoms with Crippen LogP contribution in [-0.4, -0.2) is 13.0 Å². The lowest BCUT2D eigenvalue weighted by Gasteiger charge is -2.10. The zero-order chi connectivity index (χ0) is 18.4. The molecule has 1 amide bonds. The van der Waals surface area contributed by atoms with E-state index in [4.69, 9.17) is 39.5 Å². The van der Waals surface area contributed by atoms with Gasteiger partial charge < -0.3 is 15.4 Å². The summed E-state index contributed by atoms with van der Waals surface area (Å²) in [5, 5.41) is 15.7. The van der Waals surface area contributed by atoms with Crippen molar-refractivity contribution < 1.29 is 9.53 Å². The van der Waals surface area contributed by atoms with Crippen molar-refractivity contribution in [3.05, 3.63) is 63.2 Å². The first-order valence-electron chi connectivity index (χ1n) is 6.92. The third-order valence-electron chi connectivity index (χ3n) is 3.10. The SMILES string of the molecule is COc1ccc(Cl)cc1NC(=O)/C(C#N)=C\Nc1c(Cl)cccc1Cl. The quantitative estimate of drug-likeness (QED) is 0.544. The topological polar surface area (TPSA) is 74.1 Å². The maximum atomic E-state index is 12.3. The van der Waals surface area contributed by atoms with Crippen molar-refractivity contribution in [1.82, 2.24) is 0 Å². The van der Waals surface area contributed by atoms with Crippen LogP contribution in [0, 0.1) is 11.3 Å². The predicted octanol–water partition coefficient (Wildman–Crippen LogP) is 5.11. The molecule has 5 nitrogen and oxygen atoms in total. The van der Waals surface area contributed by atoms with Crippen LogP contribution in [-0.2, 0) is 4.79 Å². The number of anilines is 2. The lowest BCUT2D eigenvalue weighted by molar-refractivity contribution is -0.112. The van der Waals surface area contributed by atoms with E-state index < -0.39 is 5.91 Å². The maximum absolute atomic E-state index is 12.3. The molecular formula is C17H12Cl3N3O2. The molecule has 2 N–H and O–H groups in total. The van der Waals surface area contributed by atoms with Crippen LogP contribution in [0.2, 0.25) is 15.1 Å². The van der Waals surface area contributed by atoms with Crippen LogP contribution < -0.4 is 15.4 Å². The average Bonchev–Trinajstić information content (AvgIpc) is 2.58. The summed E-state index contributed by atoms with van der Waals surface area (Å²) in [6.07, 6.45) is 1.22. The molecule has 0 aliphatic carbocycles. The number of carbonyl (C=O) groups is 1. The van der Waals surface area contributed by atoms with Crippen molar-refractivity contribution in [3.8, 4) is 11.8 Å². The highest BCUT2D eigenvalue weighted by molar-refractivity contribution is 6.39. The molecule has 0 unspecified atom stereocenters. The third kappa shape index (κ3) is 4.80. The lowest BCUT2D eigenvalue weighted by atomic mass is 10.2. The van der Waals surface area contributed by atoms with Gasteiger partial charge in [0.1, 0.15) is 17.4 Å².